The van der Waals surface area contributed by atoms with Crippen LogP contribution >= 0.6 is 0 Å². The lowest BCUT2D eigenvalue weighted by molar-refractivity contribution is -0.166. The number of hydrogen-bond donors (Lipinski definition) is 3. The molecule has 1 atom stereocenters. The van der Waals surface area contributed by atoms with Crippen LogP contribution < -0.4 is 10.5 Å². The molecule has 0 fully saturated rings. The Morgan fingerprint density at radius 3 is 1.70 bits per heavy atom. The number of carbonyl (C=O) groups excluding carboxylic acids is 5. The van der Waals surface area contributed by atoms with Crippen LogP contribution in [0.3, 0.4) is 0 Å². The molecule has 0 aromatic heterocycles. The minimum absolute atomic E-state index is 0.00121. The normalized spacial score (nSPS) is 12.4. The van der Waals surface area contributed by atoms with E-state index in [4.69, 9.17) is 28.8 Å². The van der Waals surface area contributed by atoms with E-state index in [1.54, 1.807) is 12.1 Å². The molecule has 0 aliphatic rings. The molecule has 0 aliphatic carbocycles. The van der Waals surface area contributed by atoms with E-state index in [9.17, 15) is 37.5 Å². The SMILES string of the molecule is C=CC(=O)CCC(CO)(COCC(COC(=O)C=C)(COC(=O)C=C)COC(=O)CCNCCc1ccc(S(N)(=O)=O)cc1)COC(=O)C=C. The molecule has 0 radical (unpaired) electrons. The van der Waals surface area contributed by atoms with Gasteiger partial charge in [-0.3, -0.25) is 9.59 Å². The van der Waals surface area contributed by atoms with Gasteiger partial charge < -0.3 is 34.1 Å². The number of esters is 4. The standard InChI is InChI=1S/C34H46N2O13S/c1-5-27(38)13-16-33(19-37,22-46-29(39)6-2)20-45-21-34(23-47-30(40)7-3,24-48-31(41)8-4)25-49-32(42)15-18-36-17-14-26-9-11-28(12-10-26)50(35,43)44/h5-12,36-37H,1-4,13-25H2,(H2,35,43,44). The quantitative estimate of drug-likeness (QED) is 0.0501. The molecule has 0 amide bonds. The molecular weight excluding hydrogens is 676 g/mol. The van der Waals surface area contributed by atoms with E-state index in [0.29, 0.717) is 13.0 Å². The predicted octanol–water partition coefficient (Wildman–Crippen LogP) is 1.10. The molecule has 16 heteroatoms. The topological polar surface area (TPSA) is 224 Å². The first-order valence-electron chi connectivity index (χ1n) is 15.4. The fraction of sp³-hybridized carbons (Fsp3) is 0.441. The van der Waals surface area contributed by atoms with Crippen LogP contribution in [0.5, 0.6) is 0 Å². The van der Waals surface area contributed by atoms with E-state index in [-0.39, 0.29) is 56.3 Å². The van der Waals surface area contributed by atoms with Gasteiger partial charge in [0.15, 0.2) is 5.78 Å². The third-order valence-electron chi connectivity index (χ3n) is 7.23. The number of rotatable bonds is 27. The first-order chi connectivity index (χ1) is 23.7. The van der Waals surface area contributed by atoms with Gasteiger partial charge in [0.05, 0.1) is 42.0 Å². The molecule has 0 aliphatic heterocycles. The summed E-state index contributed by atoms with van der Waals surface area (Å²) in [4.78, 5) is 60.5. The van der Waals surface area contributed by atoms with Gasteiger partial charge in [0.25, 0.3) is 0 Å². The molecule has 50 heavy (non-hydrogen) atoms. The fourth-order valence-corrected chi connectivity index (χ4v) is 4.65. The maximum atomic E-state index is 12.7. The number of benzene rings is 1. The van der Waals surface area contributed by atoms with Gasteiger partial charge in [0.1, 0.15) is 26.4 Å². The zero-order chi connectivity index (χ0) is 37.6. The Morgan fingerprint density at radius 1 is 0.720 bits per heavy atom. The summed E-state index contributed by atoms with van der Waals surface area (Å²) in [7, 11) is -3.80. The lowest BCUT2D eigenvalue weighted by Crippen LogP contribution is -2.45. The lowest BCUT2D eigenvalue weighted by atomic mass is 9.84. The number of nitrogens with two attached hydrogens (primary N) is 1. The van der Waals surface area contributed by atoms with E-state index in [2.05, 4.69) is 31.6 Å². The number of aliphatic hydroxyl groups excluding tert-OH is 1. The van der Waals surface area contributed by atoms with Gasteiger partial charge in [-0.15, -0.1) is 0 Å². The van der Waals surface area contributed by atoms with E-state index in [1.165, 1.54) is 12.1 Å². The molecule has 0 spiro atoms. The summed E-state index contributed by atoms with van der Waals surface area (Å²) in [5, 5.41) is 18.5. The molecule has 1 aromatic rings. The van der Waals surface area contributed by atoms with Crippen molar-refractivity contribution < 1.29 is 61.2 Å². The number of nitrogens with one attached hydrogen (secondary N) is 1. The van der Waals surface area contributed by atoms with Crippen molar-refractivity contribution in [2.24, 2.45) is 16.0 Å². The molecule has 1 rings (SSSR count). The molecule has 0 saturated heterocycles. The highest BCUT2D eigenvalue weighted by molar-refractivity contribution is 7.89. The van der Waals surface area contributed by atoms with Gasteiger partial charge in [0, 0.05) is 31.2 Å². The Labute approximate surface area is 292 Å². The van der Waals surface area contributed by atoms with Gasteiger partial charge in [0.2, 0.25) is 10.0 Å². The lowest BCUT2D eigenvalue weighted by Gasteiger charge is -2.35. The van der Waals surface area contributed by atoms with Crippen molar-refractivity contribution in [3.63, 3.8) is 0 Å². The number of hydrogen-bond acceptors (Lipinski definition) is 14. The van der Waals surface area contributed by atoms with Crippen molar-refractivity contribution in [2.75, 3.05) is 59.3 Å². The Balaban J connectivity index is 3.02. The fourth-order valence-electron chi connectivity index (χ4n) is 4.13. The second-order valence-corrected chi connectivity index (χ2v) is 12.9. The number of carbonyl (C=O) groups is 5. The zero-order valence-corrected chi connectivity index (χ0v) is 28.8. The summed E-state index contributed by atoms with van der Waals surface area (Å²) in [6, 6.07) is 6.08. The molecule has 4 N–H and O–H groups in total. The molecule has 1 aromatic carbocycles. The highest BCUT2D eigenvalue weighted by atomic mass is 32.2. The van der Waals surface area contributed by atoms with Crippen molar-refractivity contribution in [1.29, 1.82) is 0 Å². The maximum Gasteiger partial charge on any atom is 0.330 e. The predicted molar refractivity (Wildman–Crippen MR) is 181 cm³/mol. The molecule has 0 heterocycles. The van der Waals surface area contributed by atoms with E-state index >= 15 is 0 Å². The van der Waals surface area contributed by atoms with E-state index in [1.807, 2.05) is 0 Å². The summed E-state index contributed by atoms with van der Waals surface area (Å²) in [6.45, 7) is 11.3. The first-order valence-corrected chi connectivity index (χ1v) is 16.9. The van der Waals surface area contributed by atoms with E-state index < -0.39 is 71.2 Å². The highest BCUT2D eigenvalue weighted by Crippen LogP contribution is 2.28. The summed E-state index contributed by atoms with van der Waals surface area (Å²) >= 11 is 0. The van der Waals surface area contributed by atoms with Gasteiger partial charge in [-0.25, -0.2) is 27.9 Å². The number of ether oxygens (including phenoxy) is 5. The smallest absolute Gasteiger partial charge is 0.330 e. The van der Waals surface area contributed by atoms with Crippen molar-refractivity contribution in [3.05, 3.63) is 80.4 Å². The summed E-state index contributed by atoms with van der Waals surface area (Å²) < 4.78 is 49.9. The Bertz CT molecular complexity index is 1410. The monoisotopic (exact) mass is 722 g/mol. The largest absolute Gasteiger partial charge is 0.465 e. The van der Waals surface area contributed by atoms with Crippen molar-refractivity contribution in [2.45, 2.75) is 30.6 Å². The second-order valence-electron chi connectivity index (χ2n) is 11.4. The van der Waals surface area contributed by atoms with Gasteiger partial charge >= 0.3 is 23.9 Å². The van der Waals surface area contributed by atoms with Crippen LogP contribution in [0.15, 0.2) is 79.8 Å². The summed E-state index contributed by atoms with van der Waals surface area (Å²) in [5.74, 6) is -3.36. The minimum Gasteiger partial charge on any atom is -0.465 e. The van der Waals surface area contributed by atoms with Gasteiger partial charge in [-0.1, -0.05) is 38.4 Å². The number of sulfonamides is 1. The Morgan fingerprint density at radius 2 is 1.22 bits per heavy atom. The molecule has 1 unspecified atom stereocenters. The van der Waals surface area contributed by atoms with Crippen LogP contribution in [-0.2, 0) is 64.1 Å². The Kier molecular flexibility index (Phi) is 19.4. The average Bonchev–Trinajstić information content (AvgIpc) is 3.11. The maximum absolute atomic E-state index is 12.7. The second kappa shape index (κ2) is 22.3. The van der Waals surface area contributed by atoms with E-state index in [0.717, 1.165) is 29.9 Å². The summed E-state index contributed by atoms with van der Waals surface area (Å²) in [5.41, 5.74) is -1.87. The third kappa shape index (κ3) is 16.8. The Hall–Kier alpha value is -4.48. The zero-order valence-electron chi connectivity index (χ0n) is 28.0. The average molecular weight is 723 g/mol. The third-order valence-corrected chi connectivity index (χ3v) is 8.16. The number of primary sulfonamides is 1. The van der Waals surface area contributed by atoms with Crippen LogP contribution in [-0.4, -0.2) is 103 Å². The van der Waals surface area contributed by atoms with Crippen molar-refractivity contribution in [3.8, 4) is 0 Å². The van der Waals surface area contributed by atoms with Gasteiger partial charge in [-0.05, 0) is 43.2 Å². The number of aliphatic hydroxyl groups is 1. The van der Waals surface area contributed by atoms with Crippen LogP contribution in [0.1, 0.15) is 24.8 Å². The van der Waals surface area contributed by atoms with Crippen LogP contribution in [0.25, 0.3) is 0 Å². The molecule has 0 bridgehead atoms. The molecule has 15 nitrogen and oxygen atoms in total. The van der Waals surface area contributed by atoms with Crippen molar-refractivity contribution in [1.82, 2.24) is 5.32 Å². The first kappa shape index (κ1) is 43.5. The number of allylic oxidation sites excluding steroid dienone is 1. The highest BCUT2D eigenvalue weighted by Gasteiger charge is 2.39. The minimum atomic E-state index is -3.80. The van der Waals surface area contributed by atoms with Crippen LogP contribution in [0, 0.1) is 10.8 Å². The van der Waals surface area contributed by atoms with Crippen LogP contribution in [0.2, 0.25) is 0 Å². The van der Waals surface area contributed by atoms with Crippen LogP contribution in [0.4, 0.5) is 0 Å². The molecule has 276 valence electrons. The molecule has 0 saturated carbocycles. The molecular formula is C34H46N2O13S. The van der Waals surface area contributed by atoms with Gasteiger partial charge in [-0.2, -0.15) is 0 Å². The summed E-state index contributed by atoms with van der Waals surface area (Å²) in [6.07, 6.45) is 4.33. The van der Waals surface area contributed by atoms with Crippen molar-refractivity contribution >= 4 is 39.7 Å². The number of ketones is 1.